The third kappa shape index (κ3) is 3.49. The highest BCUT2D eigenvalue weighted by Gasteiger charge is 2.11. The first-order valence-electron chi connectivity index (χ1n) is 7.41. The molecule has 0 bridgehead atoms. The topological polar surface area (TPSA) is 57.6 Å². The van der Waals surface area contributed by atoms with Crippen LogP contribution in [-0.4, -0.2) is 30.2 Å². The number of pyridine rings is 1. The van der Waals surface area contributed by atoms with Crippen LogP contribution in [0, 0.1) is 0 Å². The molecule has 5 heteroatoms. The van der Waals surface area contributed by atoms with Gasteiger partial charge in [-0.3, -0.25) is 9.78 Å². The number of benzene rings is 1. The van der Waals surface area contributed by atoms with Crippen molar-refractivity contribution in [3.8, 4) is 0 Å². The molecule has 0 aliphatic carbocycles. The number of anilines is 1. The fourth-order valence-electron chi connectivity index (χ4n) is 2.47. The molecule has 1 aliphatic rings. The molecule has 1 saturated heterocycles. The Morgan fingerprint density at radius 3 is 2.64 bits per heavy atom. The number of nitrogens with zero attached hydrogens (tertiary/aromatic N) is 3. The van der Waals surface area contributed by atoms with E-state index in [1.54, 1.807) is 24.5 Å². The lowest BCUT2D eigenvalue weighted by atomic mass is 10.2. The summed E-state index contributed by atoms with van der Waals surface area (Å²) in [5.74, 6) is -0.266. The zero-order chi connectivity index (χ0) is 15.2. The van der Waals surface area contributed by atoms with Crippen molar-refractivity contribution in [1.82, 2.24) is 10.4 Å². The molecule has 112 valence electrons. The molecule has 1 aromatic heterocycles. The lowest BCUT2D eigenvalue weighted by Crippen LogP contribution is -2.18. The van der Waals surface area contributed by atoms with Crippen LogP contribution < -0.4 is 10.3 Å². The smallest absolute Gasteiger partial charge is 0.272 e. The van der Waals surface area contributed by atoms with Gasteiger partial charge in [0.25, 0.3) is 5.91 Å². The number of hydrazone groups is 1. The molecular weight excluding hydrogens is 276 g/mol. The summed E-state index contributed by atoms with van der Waals surface area (Å²) in [7, 11) is 0. The Morgan fingerprint density at radius 1 is 1.18 bits per heavy atom. The van der Waals surface area contributed by atoms with Crippen LogP contribution in [0.4, 0.5) is 5.69 Å². The standard InChI is InChI=1S/C17H18N4O/c22-17(15-4-3-9-18-13-15)20-19-12-14-5-7-16(8-6-14)21-10-1-2-11-21/h3-9,12-13H,1-2,10-11H2,(H,20,22)/b19-12-. The molecule has 22 heavy (non-hydrogen) atoms. The van der Waals surface area contributed by atoms with Gasteiger partial charge in [0.2, 0.25) is 0 Å². The molecule has 0 spiro atoms. The first-order chi connectivity index (χ1) is 10.8. The summed E-state index contributed by atoms with van der Waals surface area (Å²) in [6.45, 7) is 2.27. The van der Waals surface area contributed by atoms with Gasteiger partial charge in [0.15, 0.2) is 0 Å². The summed E-state index contributed by atoms with van der Waals surface area (Å²) in [6, 6.07) is 11.6. The van der Waals surface area contributed by atoms with E-state index in [1.165, 1.54) is 24.7 Å². The Hall–Kier alpha value is -2.69. The highest BCUT2D eigenvalue weighted by atomic mass is 16.2. The van der Waals surface area contributed by atoms with Gasteiger partial charge in [0, 0.05) is 31.2 Å². The van der Waals surface area contributed by atoms with Crippen LogP contribution in [0.25, 0.3) is 0 Å². The van der Waals surface area contributed by atoms with Crippen molar-refractivity contribution in [2.75, 3.05) is 18.0 Å². The summed E-state index contributed by atoms with van der Waals surface area (Å²) >= 11 is 0. The van der Waals surface area contributed by atoms with Gasteiger partial charge in [-0.05, 0) is 42.7 Å². The third-order valence-corrected chi connectivity index (χ3v) is 3.67. The van der Waals surface area contributed by atoms with Crippen LogP contribution in [0.2, 0.25) is 0 Å². The molecule has 1 aliphatic heterocycles. The maximum atomic E-state index is 11.8. The maximum absolute atomic E-state index is 11.8. The Morgan fingerprint density at radius 2 is 1.95 bits per heavy atom. The molecule has 1 aromatic carbocycles. The van der Waals surface area contributed by atoms with E-state index in [4.69, 9.17) is 0 Å². The lowest BCUT2D eigenvalue weighted by Gasteiger charge is -2.17. The summed E-state index contributed by atoms with van der Waals surface area (Å²) in [4.78, 5) is 18.1. The molecule has 0 radical (unpaired) electrons. The van der Waals surface area contributed by atoms with Crippen molar-refractivity contribution in [1.29, 1.82) is 0 Å². The molecule has 1 amide bonds. The van der Waals surface area contributed by atoms with Crippen molar-refractivity contribution in [3.63, 3.8) is 0 Å². The second-order valence-electron chi connectivity index (χ2n) is 5.23. The minimum Gasteiger partial charge on any atom is -0.372 e. The number of nitrogens with one attached hydrogen (secondary N) is 1. The van der Waals surface area contributed by atoms with E-state index in [0.717, 1.165) is 18.7 Å². The molecule has 1 fully saturated rings. The zero-order valence-electron chi connectivity index (χ0n) is 12.3. The Labute approximate surface area is 129 Å². The van der Waals surface area contributed by atoms with Crippen LogP contribution in [0.15, 0.2) is 53.9 Å². The van der Waals surface area contributed by atoms with Gasteiger partial charge in [-0.1, -0.05) is 12.1 Å². The zero-order valence-corrected chi connectivity index (χ0v) is 12.3. The van der Waals surface area contributed by atoms with E-state index >= 15 is 0 Å². The minimum absolute atomic E-state index is 0.266. The molecule has 5 nitrogen and oxygen atoms in total. The van der Waals surface area contributed by atoms with Gasteiger partial charge < -0.3 is 4.90 Å². The van der Waals surface area contributed by atoms with Gasteiger partial charge in [0.1, 0.15) is 0 Å². The van der Waals surface area contributed by atoms with E-state index in [0.29, 0.717) is 5.56 Å². The quantitative estimate of drug-likeness (QED) is 0.696. The average Bonchev–Trinajstić information content (AvgIpc) is 3.11. The molecule has 0 saturated carbocycles. The van der Waals surface area contributed by atoms with E-state index in [1.807, 2.05) is 12.1 Å². The first kappa shape index (κ1) is 14.3. The molecule has 1 N–H and O–H groups in total. The largest absolute Gasteiger partial charge is 0.372 e. The number of aromatic nitrogens is 1. The van der Waals surface area contributed by atoms with E-state index in [9.17, 15) is 4.79 Å². The van der Waals surface area contributed by atoms with Crippen molar-refractivity contribution in [2.24, 2.45) is 5.10 Å². The molecule has 2 aromatic rings. The molecule has 0 unspecified atom stereocenters. The predicted octanol–water partition coefficient (Wildman–Crippen LogP) is 2.45. The second kappa shape index (κ2) is 6.85. The Balaban J connectivity index is 1.57. The number of hydrogen-bond acceptors (Lipinski definition) is 4. The number of amides is 1. The number of carbonyl (C=O) groups excluding carboxylic acids is 1. The molecule has 0 atom stereocenters. The van der Waals surface area contributed by atoms with Gasteiger partial charge in [-0.2, -0.15) is 5.10 Å². The predicted molar refractivity (Wildman–Crippen MR) is 87.2 cm³/mol. The van der Waals surface area contributed by atoms with Crippen molar-refractivity contribution in [3.05, 3.63) is 59.9 Å². The van der Waals surface area contributed by atoms with E-state index in [-0.39, 0.29) is 5.91 Å². The number of hydrogen-bond donors (Lipinski definition) is 1. The van der Waals surface area contributed by atoms with E-state index in [2.05, 4.69) is 32.5 Å². The summed E-state index contributed by atoms with van der Waals surface area (Å²) in [5, 5.41) is 3.98. The fraction of sp³-hybridized carbons (Fsp3) is 0.235. The van der Waals surface area contributed by atoms with Crippen LogP contribution in [0.3, 0.4) is 0 Å². The van der Waals surface area contributed by atoms with E-state index < -0.39 is 0 Å². The highest BCUT2D eigenvalue weighted by Crippen LogP contribution is 2.19. The van der Waals surface area contributed by atoms with Crippen molar-refractivity contribution < 1.29 is 4.79 Å². The molecule has 2 heterocycles. The third-order valence-electron chi connectivity index (χ3n) is 3.67. The monoisotopic (exact) mass is 294 g/mol. The normalized spacial score (nSPS) is 14.5. The number of carbonyl (C=O) groups is 1. The first-order valence-corrected chi connectivity index (χ1v) is 7.41. The average molecular weight is 294 g/mol. The SMILES string of the molecule is O=C(N/N=C\c1ccc(N2CCCC2)cc1)c1cccnc1. The highest BCUT2D eigenvalue weighted by molar-refractivity contribution is 5.94. The van der Waals surface area contributed by atoms with Crippen LogP contribution >= 0.6 is 0 Å². The van der Waals surface area contributed by atoms with Crippen molar-refractivity contribution in [2.45, 2.75) is 12.8 Å². The maximum Gasteiger partial charge on any atom is 0.272 e. The van der Waals surface area contributed by atoms with Crippen LogP contribution in [0.5, 0.6) is 0 Å². The summed E-state index contributed by atoms with van der Waals surface area (Å²) in [5.41, 5.74) is 5.18. The van der Waals surface area contributed by atoms with Gasteiger partial charge in [0.05, 0.1) is 11.8 Å². The van der Waals surface area contributed by atoms with Crippen LogP contribution in [-0.2, 0) is 0 Å². The molecule has 3 rings (SSSR count). The van der Waals surface area contributed by atoms with Gasteiger partial charge in [-0.25, -0.2) is 5.43 Å². The number of rotatable bonds is 4. The Kier molecular flexibility index (Phi) is 4.44. The summed E-state index contributed by atoms with van der Waals surface area (Å²) < 4.78 is 0. The minimum atomic E-state index is -0.266. The second-order valence-corrected chi connectivity index (χ2v) is 5.23. The molecular formula is C17H18N4O. The van der Waals surface area contributed by atoms with Gasteiger partial charge >= 0.3 is 0 Å². The Bertz CT molecular complexity index is 646. The summed E-state index contributed by atoms with van der Waals surface area (Å²) in [6.07, 6.45) is 7.31. The van der Waals surface area contributed by atoms with Crippen LogP contribution in [0.1, 0.15) is 28.8 Å². The lowest BCUT2D eigenvalue weighted by molar-refractivity contribution is 0.0955. The fourth-order valence-corrected chi connectivity index (χ4v) is 2.47. The van der Waals surface area contributed by atoms with Crippen molar-refractivity contribution >= 4 is 17.8 Å². The van der Waals surface area contributed by atoms with Gasteiger partial charge in [-0.15, -0.1) is 0 Å².